The van der Waals surface area contributed by atoms with Crippen LogP contribution in [-0.2, 0) is 14.4 Å². The molecule has 0 aliphatic carbocycles. The Labute approximate surface area is 271 Å². The molecule has 1 aromatic heterocycles. The van der Waals surface area contributed by atoms with Crippen molar-refractivity contribution >= 4 is 91.3 Å². The van der Waals surface area contributed by atoms with Gasteiger partial charge in [-0.1, -0.05) is 68.3 Å². The van der Waals surface area contributed by atoms with Crippen molar-refractivity contribution in [1.29, 1.82) is 0 Å². The van der Waals surface area contributed by atoms with Crippen LogP contribution in [0.5, 0.6) is 11.5 Å². The summed E-state index contributed by atoms with van der Waals surface area (Å²) in [4.78, 5) is 56.9. The first-order chi connectivity index (χ1) is 20.6. The van der Waals surface area contributed by atoms with Crippen LogP contribution in [0.15, 0.2) is 75.0 Å². The number of thiazole rings is 1. The number of thioether (sulfide) groups is 1. The number of benzene rings is 3. The molecule has 2 unspecified atom stereocenters. The van der Waals surface area contributed by atoms with E-state index >= 15 is 0 Å². The van der Waals surface area contributed by atoms with Crippen LogP contribution in [-0.4, -0.2) is 41.7 Å². The van der Waals surface area contributed by atoms with E-state index in [9.17, 15) is 19.2 Å². The molecule has 3 amide bonds. The molecule has 3 heterocycles. The van der Waals surface area contributed by atoms with Gasteiger partial charge in [0.05, 0.1) is 33.8 Å². The minimum atomic E-state index is -0.756. The molecule has 2 N–H and O–H groups in total. The maximum Gasteiger partial charge on any atom is 0.305 e. The van der Waals surface area contributed by atoms with E-state index in [1.165, 1.54) is 29.8 Å². The normalized spacial score (nSPS) is 19.2. The van der Waals surface area contributed by atoms with Gasteiger partial charge in [-0.15, -0.1) is 0 Å². The second kappa shape index (κ2) is 12.0. The summed E-state index contributed by atoms with van der Waals surface area (Å²) in [5.74, 6) is -1.85. The number of aromatic nitrogens is 1. The minimum Gasteiger partial charge on any atom is -0.493 e. The Balaban J connectivity index is 1.28. The molecule has 1 fully saturated rings. The molecule has 3 atom stereocenters. The largest absolute Gasteiger partial charge is 0.493 e. The van der Waals surface area contributed by atoms with Gasteiger partial charge in [-0.3, -0.25) is 19.2 Å². The molecule has 1 saturated heterocycles. The van der Waals surface area contributed by atoms with Crippen molar-refractivity contribution in [2.24, 2.45) is 5.92 Å². The van der Waals surface area contributed by atoms with E-state index in [-0.39, 0.29) is 23.3 Å². The number of hydrogen-bond acceptors (Lipinski definition) is 8. The maximum absolute atomic E-state index is 13.9. The van der Waals surface area contributed by atoms with Crippen LogP contribution in [0.3, 0.4) is 0 Å². The first-order valence-electron chi connectivity index (χ1n) is 12.7. The highest BCUT2D eigenvalue weighted by molar-refractivity contribution is 9.10. The van der Waals surface area contributed by atoms with Crippen LogP contribution >= 0.6 is 62.2 Å². The number of fused-ring (bicyclic) bond motifs is 2. The number of nitrogens with one attached hydrogen (secondary N) is 2. The minimum absolute atomic E-state index is 0.271. The molecule has 43 heavy (non-hydrogen) atoms. The Kier molecular flexibility index (Phi) is 8.31. The van der Waals surface area contributed by atoms with Crippen molar-refractivity contribution in [3.8, 4) is 11.5 Å². The van der Waals surface area contributed by atoms with Crippen LogP contribution in [0, 0.1) is 5.92 Å². The first-order valence-corrected chi connectivity index (χ1v) is 16.0. The quantitative estimate of drug-likeness (QED) is 0.215. The fourth-order valence-electron chi connectivity index (χ4n) is 5.13. The highest BCUT2D eigenvalue weighted by Gasteiger charge is 2.56. The molecule has 0 bridgehead atoms. The number of halogens is 3. The Hall–Kier alpha value is -3.29. The van der Waals surface area contributed by atoms with E-state index in [4.69, 9.17) is 32.7 Å². The van der Waals surface area contributed by atoms with Crippen LogP contribution in [0.4, 0.5) is 11.4 Å². The number of hydrogen-bond donors (Lipinski definition) is 2. The predicted molar refractivity (Wildman–Crippen MR) is 170 cm³/mol. The van der Waals surface area contributed by atoms with Crippen molar-refractivity contribution < 1.29 is 23.9 Å². The summed E-state index contributed by atoms with van der Waals surface area (Å²) >= 11 is 17.6. The number of nitrogens with zero attached hydrogens (tertiary/aromatic N) is 1. The SMILES string of the molecule is COc1cc([C@H]2c3sc(=O)[nH]c3SC3C(=O)N(c4ccc(Br)cc4)C(=O)C32)ccc1OCC(=O)Nc1ccc(Cl)c(Cl)c1. The zero-order valence-corrected chi connectivity index (χ0v) is 26.8. The van der Waals surface area contributed by atoms with Crippen molar-refractivity contribution in [3.05, 3.63) is 95.3 Å². The number of H-pyrrole nitrogens is 1. The van der Waals surface area contributed by atoms with Gasteiger partial charge in [0.2, 0.25) is 11.8 Å². The molecule has 9 nitrogen and oxygen atoms in total. The van der Waals surface area contributed by atoms with E-state index < -0.39 is 23.0 Å². The molecular weight excluding hydrogens is 701 g/mol. The lowest BCUT2D eigenvalue weighted by Gasteiger charge is -2.30. The van der Waals surface area contributed by atoms with Gasteiger partial charge in [0, 0.05) is 21.0 Å². The van der Waals surface area contributed by atoms with E-state index in [0.717, 1.165) is 15.8 Å². The van der Waals surface area contributed by atoms with E-state index in [2.05, 4.69) is 26.2 Å². The molecule has 6 rings (SSSR count). The van der Waals surface area contributed by atoms with Gasteiger partial charge in [0.1, 0.15) is 5.25 Å². The third kappa shape index (κ3) is 5.69. The molecule has 0 spiro atoms. The Morgan fingerprint density at radius 2 is 1.77 bits per heavy atom. The Morgan fingerprint density at radius 1 is 1.00 bits per heavy atom. The number of ether oxygens (including phenoxy) is 2. The second-order valence-electron chi connectivity index (χ2n) is 9.61. The number of carbonyl (C=O) groups is 3. The number of methoxy groups -OCH3 is 1. The predicted octanol–water partition coefficient (Wildman–Crippen LogP) is 6.33. The molecule has 14 heteroatoms. The van der Waals surface area contributed by atoms with Gasteiger partial charge in [-0.25, -0.2) is 4.90 Å². The number of anilines is 2. The lowest BCUT2D eigenvalue weighted by molar-refractivity contribution is -0.122. The molecular formula is C29H20BrCl2N3O6S2. The van der Waals surface area contributed by atoms with Gasteiger partial charge in [0.25, 0.3) is 5.91 Å². The summed E-state index contributed by atoms with van der Waals surface area (Å²) in [5.41, 5.74) is 1.60. The number of amides is 3. The number of imide groups is 1. The zero-order valence-electron chi connectivity index (χ0n) is 22.1. The summed E-state index contributed by atoms with van der Waals surface area (Å²) in [6.07, 6.45) is 0. The van der Waals surface area contributed by atoms with E-state index in [0.29, 0.717) is 48.4 Å². The zero-order chi connectivity index (χ0) is 30.4. The van der Waals surface area contributed by atoms with Crippen molar-refractivity contribution in [3.63, 3.8) is 0 Å². The van der Waals surface area contributed by atoms with Crippen molar-refractivity contribution in [1.82, 2.24) is 4.98 Å². The smallest absolute Gasteiger partial charge is 0.305 e. The van der Waals surface area contributed by atoms with Crippen molar-refractivity contribution in [2.45, 2.75) is 16.2 Å². The lowest BCUT2D eigenvalue weighted by Crippen LogP contribution is -2.32. The first kappa shape index (κ1) is 29.8. The van der Waals surface area contributed by atoms with Gasteiger partial charge in [-0.2, -0.15) is 0 Å². The van der Waals surface area contributed by atoms with Crippen molar-refractivity contribution in [2.75, 3.05) is 23.9 Å². The molecule has 0 saturated carbocycles. The third-order valence-electron chi connectivity index (χ3n) is 7.02. The molecule has 0 radical (unpaired) electrons. The summed E-state index contributed by atoms with van der Waals surface area (Å²) in [6, 6.07) is 16.8. The average molecular weight is 721 g/mol. The number of rotatable bonds is 7. The van der Waals surface area contributed by atoms with Gasteiger partial charge in [-0.05, 0) is 60.2 Å². The lowest BCUT2D eigenvalue weighted by atomic mass is 9.83. The van der Waals surface area contributed by atoms with Crippen LogP contribution in [0.1, 0.15) is 16.4 Å². The molecule has 2 aliphatic rings. The van der Waals surface area contributed by atoms with E-state index in [1.807, 2.05) is 0 Å². The fourth-order valence-corrected chi connectivity index (χ4v) is 8.21. The topological polar surface area (TPSA) is 118 Å². The van der Waals surface area contributed by atoms with Crippen LogP contribution < -0.4 is 24.6 Å². The summed E-state index contributed by atoms with van der Waals surface area (Å²) in [5, 5.41) is 3.20. The average Bonchev–Trinajstić information content (AvgIpc) is 3.48. The fraction of sp³-hybridized carbons (Fsp3) is 0.172. The third-order valence-corrected chi connectivity index (χ3v) is 10.7. The highest BCUT2D eigenvalue weighted by Crippen LogP contribution is 2.53. The Bertz CT molecular complexity index is 1830. The second-order valence-corrected chi connectivity index (χ2v) is 13.5. The summed E-state index contributed by atoms with van der Waals surface area (Å²) in [7, 11) is 1.46. The monoisotopic (exact) mass is 719 g/mol. The molecule has 2 aliphatic heterocycles. The molecule has 3 aromatic carbocycles. The van der Waals surface area contributed by atoms with E-state index in [1.54, 1.807) is 54.6 Å². The number of aromatic amines is 1. The van der Waals surface area contributed by atoms with Crippen LogP contribution in [0.25, 0.3) is 0 Å². The van der Waals surface area contributed by atoms with Gasteiger partial charge in [0.15, 0.2) is 18.1 Å². The highest BCUT2D eigenvalue weighted by atomic mass is 79.9. The molecule has 4 aromatic rings. The Morgan fingerprint density at radius 3 is 2.49 bits per heavy atom. The standard InChI is InChI=1S/C29H20BrCl2N3O6S2/c1-40-20-10-13(2-9-19(20)41-12-21(36)33-15-5-8-17(31)18(32)11-15)22-23-25(42-26-24(22)43-29(39)34-26)28(38)35(27(23)37)16-6-3-14(30)4-7-16/h2-11,22-23,25H,12H2,1H3,(H,33,36)(H,34,39)/t22-,23?,25?/m1/s1. The summed E-state index contributed by atoms with van der Waals surface area (Å²) < 4.78 is 12.2. The van der Waals surface area contributed by atoms with Gasteiger partial charge < -0.3 is 19.8 Å². The van der Waals surface area contributed by atoms with Crippen LogP contribution in [0.2, 0.25) is 10.0 Å². The number of carbonyl (C=O) groups excluding carboxylic acids is 3. The molecule has 220 valence electrons. The van der Waals surface area contributed by atoms with Gasteiger partial charge >= 0.3 is 4.87 Å². The summed E-state index contributed by atoms with van der Waals surface area (Å²) in [6.45, 7) is -0.320. The maximum atomic E-state index is 13.9.